The first kappa shape index (κ1) is 20.3. The first-order valence-corrected chi connectivity index (χ1v) is 10.6. The van der Waals surface area contributed by atoms with Crippen LogP contribution in [0.15, 0.2) is 51.8 Å². The molecule has 2 N–H and O–H groups in total. The summed E-state index contributed by atoms with van der Waals surface area (Å²) in [7, 11) is -2.36. The highest BCUT2D eigenvalue weighted by Gasteiger charge is 2.22. The number of sulfonamides is 1. The van der Waals surface area contributed by atoms with Gasteiger partial charge >= 0.3 is 0 Å². The number of hydrogen-bond donors (Lipinski definition) is 1. The highest BCUT2D eigenvalue weighted by atomic mass is 35.5. The zero-order valence-electron chi connectivity index (χ0n) is 15.8. The SMILES string of the molecule is COc1ccc(S(=O)(=O)N=C(N)N2CCN(c3cc(Cl)ccc3C)CC2)cc1. The van der Waals surface area contributed by atoms with Crippen molar-refractivity contribution in [2.45, 2.75) is 11.8 Å². The Labute approximate surface area is 170 Å². The quantitative estimate of drug-likeness (QED) is 0.601. The van der Waals surface area contributed by atoms with Gasteiger partial charge in [-0.15, -0.1) is 4.40 Å². The molecule has 0 unspecified atom stereocenters. The van der Waals surface area contributed by atoms with Gasteiger partial charge in [-0.05, 0) is 48.9 Å². The van der Waals surface area contributed by atoms with E-state index in [1.54, 1.807) is 17.0 Å². The number of piperazine rings is 1. The van der Waals surface area contributed by atoms with Gasteiger partial charge in [-0.3, -0.25) is 0 Å². The molecule has 150 valence electrons. The summed E-state index contributed by atoms with van der Waals surface area (Å²) < 4.78 is 33.8. The van der Waals surface area contributed by atoms with E-state index in [4.69, 9.17) is 22.1 Å². The average molecular weight is 423 g/mol. The maximum Gasteiger partial charge on any atom is 0.285 e. The Bertz CT molecular complexity index is 969. The van der Waals surface area contributed by atoms with Crippen LogP contribution in [0.4, 0.5) is 5.69 Å². The Morgan fingerprint density at radius 1 is 1.11 bits per heavy atom. The van der Waals surface area contributed by atoms with Crippen molar-refractivity contribution in [3.8, 4) is 5.75 Å². The Morgan fingerprint density at radius 2 is 1.75 bits per heavy atom. The van der Waals surface area contributed by atoms with Crippen LogP contribution in [0.2, 0.25) is 5.02 Å². The molecule has 0 atom stereocenters. The molecule has 7 nitrogen and oxygen atoms in total. The monoisotopic (exact) mass is 422 g/mol. The van der Waals surface area contributed by atoms with E-state index in [0.717, 1.165) is 11.3 Å². The van der Waals surface area contributed by atoms with Gasteiger partial charge in [-0.25, -0.2) is 0 Å². The average Bonchev–Trinajstić information content (AvgIpc) is 2.69. The van der Waals surface area contributed by atoms with Gasteiger partial charge in [-0.1, -0.05) is 17.7 Å². The van der Waals surface area contributed by atoms with Crippen molar-refractivity contribution in [1.29, 1.82) is 0 Å². The topological polar surface area (TPSA) is 88.2 Å². The normalized spacial score (nSPS) is 15.6. The standard InChI is InChI=1S/C19H23ClN4O3S/c1-14-3-4-15(20)13-18(14)23-9-11-24(12-10-23)19(21)22-28(25,26)17-7-5-16(27-2)6-8-17/h3-8,13H,9-12H2,1-2H3,(H2,21,22). The van der Waals surface area contributed by atoms with E-state index in [0.29, 0.717) is 37.0 Å². The summed E-state index contributed by atoms with van der Waals surface area (Å²) in [6, 6.07) is 11.8. The van der Waals surface area contributed by atoms with Gasteiger partial charge in [0.1, 0.15) is 5.75 Å². The van der Waals surface area contributed by atoms with E-state index in [9.17, 15) is 8.42 Å². The molecule has 0 amide bonds. The van der Waals surface area contributed by atoms with Crippen LogP contribution in [0.1, 0.15) is 5.56 Å². The van der Waals surface area contributed by atoms with E-state index in [-0.39, 0.29) is 10.9 Å². The first-order chi connectivity index (χ1) is 13.3. The highest BCUT2D eigenvalue weighted by molar-refractivity contribution is 7.90. The van der Waals surface area contributed by atoms with Gasteiger partial charge in [0.25, 0.3) is 10.0 Å². The van der Waals surface area contributed by atoms with Crippen molar-refractivity contribution >= 4 is 33.3 Å². The van der Waals surface area contributed by atoms with E-state index >= 15 is 0 Å². The molecule has 1 saturated heterocycles. The number of halogens is 1. The fourth-order valence-corrected chi connectivity index (χ4v) is 4.19. The number of anilines is 1. The van der Waals surface area contributed by atoms with Gasteiger partial charge in [0.05, 0.1) is 12.0 Å². The molecule has 1 heterocycles. The van der Waals surface area contributed by atoms with Crippen LogP contribution in [0.25, 0.3) is 0 Å². The molecule has 0 aromatic heterocycles. The second-order valence-corrected chi connectivity index (χ2v) is 8.55. The summed E-state index contributed by atoms with van der Waals surface area (Å²) in [6.07, 6.45) is 0. The number of aryl methyl sites for hydroxylation is 1. The molecule has 1 aliphatic rings. The predicted octanol–water partition coefficient (Wildman–Crippen LogP) is 2.48. The lowest BCUT2D eigenvalue weighted by atomic mass is 10.1. The molecule has 2 aromatic rings. The van der Waals surface area contributed by atoms with Gasteiger partial charge in [0.15, 0.2) is 0 Å². The lowest BCUT2D eigenvalue weighted by molar-refractivity contribution is 0.382. The summed E-state index contributed by atoms with van der Waals surface area (Å²) in [6.45, 7) is 4.56. The van der Waals surface area contributed by atoms with Crippen molar-refractivity contribution in [2.75, 3.05) is 38.2 Å². The third-order valence-electron chi connectivity index (χ3n) is 4.69. The van der Waals surface area contributed by atoms with Gasteiger partial charge < -0.3 is 20.3 Å². The molecular formula is C19H23ClN4O3S. The van der Waals surface area contributed by atoms with Gasteiger partial charge in [0, 0.05) is 36.9 Å². The molecule has 0 bridgehead atoms. The molecule has 3 rings (SSSR count). The number of ether oxygens (including phenoxy) is 1. The molecule has 0 saturated carbocycles. The van der Waals surface area contributed by atoms with Gasteiger partial charge in [0.2, 0.25) is 5.96 Å². The minimum atomic E-state index is -3.88. The second-order valence-electron chi connectivity index (χ2n) is 6.50. The van der Waals surface area contributed by atoms with Crippen molar-refractivity contribution < 1.29 is 13.2 Å². The summed E-state index contributed by atoms with van der Waals surface area (Å²) in [4.78, 5) is 4.06. The fraction of sp³-hybridized carbons (Fsp3) is 0.316. The van der Waals surface area contributed by atoms with Crippen LogP contribution >= 0.6 is 11.6 Å². The number of benzene rings is 2. The molecule has 0 spiro atoms. The minimum Gasteiger partial charge on any atom is -0.497 e. The van der Waals surface area contributed by atoms with E-state index in [2.05, 4.69) is 9.30 Å². The van der Waals surface area contributed by atoms with Gasteiger partial charge in [-0.2, -0.15) is 8.42 Å². The van der Waals surface area contributed by atoms with Crippen LogP contribution in [0.3, 0.4) is 0 Å². The van der Waals surface area contributed by atoms with E-state index in [1.807, 2.05) is 25.1 Å². The van der Waals surface area contributed by atoms with E-state index in [1.165, 1.54) is 19.2 Å². The Balaban J connectivity index is 1.70. The zero-order chi connectivity index (χ0) is 20.3. The number of methoxy groups -OCH3 is 1. The highest BCUT2D eigenvalue weighted by Crippen LogP contribution is 2.25. The lowest BCUT2D eigenvalue weighted by Gasteiger charge is -2.37. The first-order valence-electron chi connectivity index (χ1n) is 8.81. The lowest BCUT2D eigenvalue weighted by Crippen LogP contribution is -2.51. The summed E-state index contributed by atoms with van der Waals surface area (Å²) in [5.74, 6) is 0.571. The summed E-state index contributed by atoms with van der Waals surface area (Å²) in [5, 5.41) is 0.690. The van der Waals surface area contributed by atoms with Crippen molar-refractivity contribution in [3.63, 3.8) is 0 Å². The third-order valence-corrected chi connectivity index (χ3v) is 6.22. The Morgan fingerprint density at radius 3 is 2.36 bits per heavy atom. The minimum absolute atomic E-state index is 0.00159. The summed E-state index contributed by atoms with van der Waals surface area (Å²) >= 11 is 6.11. The van der Waals surface area contributed by atoms with Crippen LogP contribution < -0.4 is 15.4 Å². The molecule has 0 radical (unpaired) electrons. The van der Waals surface area contributed by atoms with Crippen LogP contribution in [0.5, 0.6) is 5.75 Å². The van der Waals surface area contributed by atoms with Crippen molar-refractivity contribution in [1.82, 2.24) is 4.90 Å². The molecule has 2 aromatic carbocycles. The molecule has 1 fully saturated rings. The molecule has 1 aliphatic heterocycles. The molecule has 28 heavy (non-hydrogen) atoms. The maximum absolute atomic E-state index is 12.5. The van der Waals surface area contributed by atoms with Crippen molar-refractivity contribution in [3.05, 3.63) is 53.1 Å². The van der Waals surface area contributed by atoms with Crippen LogP contribution in [0, 0.1) is 6.92 Å². The summed E-state index contributed by atoms with van der Waals surface area (Å²) in [5.41, 5.74) is 8.22. The van der Waals surface area contributed by atoms with Crippen molar-refractivity contribution in [2.24, 2.45) is 10.1 Å². The second kappa shape index (κ2) is 8.28. The number of rotatable bonds is 4. The Kier molecular flexibility index (Phi) is 6.00. The largest absolute Gasteiger partial charge is 0.497 e. The number of guanidine groups is 1. The number of nitrogens with two attached hydrogens (primary N) is 1. The molecular weight excluding hydrogens is 400 g/mol. The smallest absolute Gasteiger partial charge is 0.285 e. The Hall–Kier alpha value is -2.45. The fourth-order valence-electron chi connectivity index (χ4n) is 3.08. The number of hydrogen-bond acceptors (Lipinski definition) is 4. The molecule has 9 heteroatoms. The number of nitrogens with zero attached hydrogens (tertiary/aromatic N) is 3. The van der Waals surface area contributed by atoms with E-state index < -0.39 is 10.0 Å². The third kappa shape index (κ3) is 4.51. The maximum atomic E-state index is 12.5. The predicted molar refractivity (Wildman–Crippen MR) is 112 cm³/mol. The van der Waals surface area contributed by atoms with Crippen LogP contribution in [-0.2, 0) is 10.0 Å². The van der Waals surface area contributed by atoms with Crippen LogP contribution in [-0.4, -0.2) is 52.6 Å². The molecule has 0 aliphatic carbocycles. The zero-order valence-corrected chi connectivity index (χ0v) is 17.4.